The molecule has 1 heterocycles. The van der Waals surface area contributed by atoms with E-state index in [4.69, 9.17) is 11.6 Å². The topological polar surface area (TPSA) is 75.1 Å². The molecule has 1 aromatic heterocycles. The van der Waals surface area contributed by atoms with E-state index in [1.165, 1.54) is 0 Å². The molecule has 2 aromatic carbocycles. The van der Waals surface area contributed by atoms with E-state index < -0.39 is 5.97 Å². The molecule has 5 nitrogen and oxygen atoms in total. The van der Waals surface area contributed by atoms with E-state index in [2.05, 4.69) is 14.1 Å². The van der Waals surface area contributed by atoms with Gasteiger partial charge in [0.15, 0.2) is 0 Å². The predicted octanol–water partition coefficient (Wildman–Crippen LogP) is 4.09. The molecule has 0 saturated carbocycles. The third-order valence-electron chi connectivity index (χ3n) is 3.04. The number of hydrogen-bond donors (Lipinski definition) is 2. The Hall–Kier alpha value is -2.18. The van der Waals surface area contributed by atoms with Crippen molar-refractivity contribution in [2.24, 2.45) is 0 Å². The van der Waals surface area contributed by atoms with Gasteiger partial charge in [-0.2, -0.15) is 8.75 Å². The summed E-state index contributed by atoms with van der Waals surface area (Å²) in [6, 6.07) is 8.65. The monoisotopic (exact) mass is 319 g/mol. The number of aromatic nitrogens is 2. The lowest BCUT2D eigenvalue weighted by Gasteiger charge is -2.12. The molecule has 106 valence electrons. The minimum absolute atomic E-state index is 0.186. The maximum Gasteiger partial charge on any atom is 0.337 e. The SMILES string of the molecule is Cc1ccc(Nc2c(Cl)ccc3nsnc23)c(C(=O)O)c1. The molecule has 0 radical (unpaired) electrons. The van der Waals surface area contributed by atoms with Gasteiger partial charge >= 0.3 is 5.97 Å². The number of benzene rings is 2. The Bertz CT molecular complexity index is 847. The molecular formula is C14H10ClN3O2S. The lowest BCUT2D eigenvalue weighted by molar-refractivity contribution is 0.0698. The number of carboxylic acid groups (broad SMARTS) is 1. The summed E-state index contributed by atoms with van der Waals surface area (Å²) in [5.74, 6) is -0.999. The van der Waals surface area contributed by atoms with Crippen molar-refractivity contribution in [2.45, 2.75) is 6.92 Å². The van der Waals surface area contributed by atoms with E-state index in [1.54, 1.807) is 24.3 Å². The highest BCUT2D eigenvalue weighted by molar-refractivity contribution is 7.00. The van der Waals surface area contributed by atoms with Gasteiger partial charge in [-0.3, -0.25) is 0 Å². The first-order valence-electron chi connectivity index (χ1n) is 6.08. The van der Waals surface area contributed by atoms with Crippen LogP contribution in [-0.4, -0.2) is 19.8 Å². The number of anilines is 2. The molecule has 3 aromatic rings. The van der Waals surface area contributed by atoms with Gasteiger partial charge in [0.2, 0.25) is 0 Å². The molecule has 0 unspecified atom stereocenters. The molecule has 0 fully saturated rings. The number of nitrogens with one attached hydrogen (secondary N) is 1. The van der Waals surface area contributed by atoms with Gasteiger partial charge in [0.1, 0.15) is 11.0 Å². The summed E-state index contributed by atoms with van der Waals surface area (Å²) in [5, 5.41) is 12.8. The van der Waals surface area contributed by atoms with Crippen LogP contribution >= 0.6 is 23.3 Å². The fourth-order valence-corrected chi connectivity index (χ4v) is 2.77. The van der Waals surface area contributed by atoms with Crippen molar-refractivity contribution >= 4 is 51.7 Å². The third kappa shape index (κ3) is 2.55. The molecule has 21 heavy (non-hydrogen) atoms. The minimum atomic E-state index is -0.999. The zero-order valence-corrected chi connectivity index (χ0v) is 12.5. The van der Waals surface area contributed by atoms with Crippen LogP contribution in [-0.2, 0) is 0 Å². The van der Waals surface area contributed by atoms with Crippen LogP contribution in [0.3, 0.4) is 0 Å². The summed E-state index contributed by atoms with van der Waals surface area (Å²) in [6.45, 7) is 1.84. The molecule has 0 saturated heterocycles. The number of halogens is 1. The van der Waals surface area contributed by atoms with Gasteiger partial charge in [0.05, 0.1) is 33.7 Å². The largest absolute Gasteiger partial charge is 0.478 e. The van der Waals surface area contributed by atoms with Crippen molar-refractivity contribution in [1.82, 2.24) is 8.75 Å². The molecule has 0 spiro atoms. The molecule has 7 heteroatoms. The van der Waals surface area contributed by atoms with Gasteiger partial charge in [-0.25, -0.2) is 4.79 Å². The van der Waals surface area contributed by atoms with Gasteiger partial charge in [0, 0.05) is 0 Å². The molecule has 0 aliphatic heterocycles. The fraction of sp³-hybridized carbons (Fsp3) is 0.0714. The Labute approximate surface area is 129 Å². The van der Waals surface area contributed by atoms with E-state index in [9.17, 15) is 9.90 Å². The standard InChI is InChI=1S/C14H10ClN3O2S/c1-7-2-4-10(8(6-7)14(19)20)16-12-9(15)3-5-11-13(12)18-21-17-11/h2-6,16H,1H3,(H,19,20). The summed E-state index contributed by atoms with van der Waals surface area (Å²) < 4.78 is 8.35. The first-order chi connectivity index (χ1) is 10.1. The summed E-state index contributed by atoms with van der Waals surface area (Å²) in [7, 11) is 0. The van der Waals surface area contributed by atoms with Gasteiger partial charge in [-0.1, -0.05) is 23.2 Å². The number of nitrogens with zero attached hydrogens (tertiary/aromatic N) is 2. The Balaban J connectivity index is 2.13. The average molecular weight is 320 g/mol. The Morgan fingerprint density at radius 2 is 2.10 bits per heavy atom. The maximum absolute atomic E-state index is 11.4. The van der Waals surface area contributed by atoms with Gasteiger partial charge in [0.25, 0.3) is 0 Å². The zero-order chi connectivity index (χ0) is 15.0. The van der Waals surface area contributed by atoms with Crippen LogP contribution in [0, 0.1) is 6.92 Å². The number of aromatic carboxylic acids is 1. The van der Waals surface area contributed by atoms with Crippen molar-refractivity contribution < 1.29 is 9.90 Å². The van der Waals surface area contributed by atoms with E-state index >= 15 is 0 Å². The summed E-state index contributed by atoms with van der Waals surface area (Å²) in [5.41, 5.74) is 3.44. The van der Waals surface area contributed by atoms with Crippen LogP contribution in [0.4, 0.5) is 11.4 Å². The molecule has 2 N–H and O–H groups in total. The first kappa shape index (κ1) is 13.8. The smallest absolute Gasteiger partial charge is 0.337 e. The predicted molar refractivity (Wildman–Crippen MR) is 83.8 cm³/mol. The Kier molecular flexibility index (Phi) is 3.48. The van der Waals surface area contributed by atoms with Crippen molar-refractivity contribution in [3.63, 3.8) is 0 Å². The Morgan fingerprint density at radius 1 is 1.29 bits per heavy atom. The van der Waals surface area contributed by atoms with E-state index in [0.29, 0.717) is 21.9 Å². The number of carbonyl (C=O) groups is 1. The molecule has 0 aliphatic rings. The molecule has 0 atom stereocenters. The molecule has 0 aliphatic carbocycles. The van der Waals surface area contributed by atoms with Crippen LogP contribution < -0.4 is 5.32 Å². The van der Waals surface area contributed by atoms with Crippen LogP contribution in [0.15, 0.2) is 30.3 Å². The van der Waals surface area contributed by atoms with Crippen molar-refractivity contribution in [3.05, 3.63) is 46.5 Å². The van der Waals surface area contributed by atoms with Gasteiger partial charge in [-0.05, 0) is 31.2 Å². The van der Waals surface area contributed by atoms with Crippen molar-refractivity contribution in [1.29, 1.82) is 0 Å². The number of hydrogen-bond acceptors (Lipinski definition) is 5. The van der Waals surface area contributed by atoms with Gasteiger partial charge < -0.3 is 10.4 Å². The fourth-order valence-electron chi connectivity index (χ4n) is 2.02. The normalized spacial score (nSPS) is 10.8. The molecular weight excluding hydrogens is 310 g/mol. The molecule has 3 rings (SSSR count). The number of rotatable bonds is 3. The molecule has 0 bridgehead atoms. The van der Waals surface area contributed by atoms with Crippen LogP contribution in [0.25, 0.3) is 11.0 Å². The number of fused-ring (bicyclic) bond motifs is 1. The van der Waals surface area contributed by atoms with E-state index in [-0.39, 0.29) is 5.56 Å². The van der Waals surface area contributed by atoms with Crippen molar-refractivity contribution in [3.8, 4) is 0 Å². The van der Waals surface area contributed by atoms with Crippen LogP contribution in [0.2, 0.25) is 5.02 Å². The highest BCUT2D eigenvalue weighted by Gasteiger charge is 2.15. The quantitative estimate of drug-likeness (QED) is 0.760. The lowest BCUT2D eigenvalue weighted by atomic mass is 10.1. The van der Waals surface area contributed by atoms with Gasteiger partial charge in [-0.15, -0.1) is 0 Å². The molecule has 0 amide bonds. The van der Waals surface area contributed by atoms with Crippen molar-refractivity contribution in [2.75, 3.05) is 5.32 Å². The second-order valence-corrected chi connectivity index (χ2v) is 5.47. The maximum atomic E-state index is 11.4. The summed E-state index contributed by atoms with van der Waals surface area (Å²) >= 11 is 7.28. The minimum Gasteiger partial charge on any atom is -0.478 e. The number of carboxylic acids is 1. The highest BCUT2D eigenvalue weighted by Crippen LogP contribution is 2.33. The second kappa shape index (κ2) is 5.31. The summed E-state index contributed by atoms with van der Waals surface area (Å²) in [4.78, 5) is 11.4. The zero-order valence-electron chi connectivity index (χ0n) is 10.9. The lowest BCUT2D eigenvalue weighted by Crippen LogP contribution is -2.03. The second-order valence-electron chi connectivity index (χ2n) is 4.53. The summed E-state index contributed by atoms with van der Waals surface area (Å²) in [6.07, 6.45) is 0. The third-order valence-corrected chi connectivity index (χ3v) is 3.90. The first-order valence-corrected chi connectivity index (χ1v) is 7.19. The Morgan fingerprint density at radius 3 is 2.86 bits per heavy atom. The van der Waals surface area contributed by atoms with E-state index in [1.807, 2.05) is 13.0 Å². The van der Waals surface area contributed by atoms with Crippen LogP contribution in [0.5, 0.6) is 0 Å². The average Bonchev–Trinajstić information content (AvgIpc) is 2.92. The highest BCUT2D eigenvalue weighted by atomic mass is 35.5. The number of aryl methyl sites for hydroxylation is 1. The van der Waals surface area contributed by atoms with Crippen LogP contribution in [0.1, 0.15) is 15.9 Å². The van der Waals surface area contributed by atoms with E-state index in [0.717, 1.165) is 22.8 Å².